The van der Waals surface area contributed by atoms with Gasteiger partial charge in [0, 0.05) is 16.9 Å². The predicted molar refractivity (Wildman–Crippen MR) is 118 cm³/mol. The van der Waals surface area contributed by atoms with E-state index in [1.165, 1.54) is 0 Å². The van der Waals surface area contributed by atoms with Crippen molar-refractivity contribution in [2.75, 3.05) is 0 Å². The van der Waals surface area contributed by atoms with Crippen LogP contribution in [0, 0.1) is 0 Å². The summed E-state index contributed by atoms with van der Waals surface area (Å²) >= 11 is 3.45. The average Bonchev–Trinajstić information content (AvgIpc) is 2.59. The number of aromatic nitrogens is 1. The van der Waals surface area contributed by atoms with Crippen LogP contribution >= 0.6 is 15.9 Å². The maximum atomic E-state index is 11.8. The Morgan fingerprint density at radius 2 is 1.79 bits per heavy atom. The summed E-state index contributed by atoms with van der Waals surface area (Å²) in [5.74, 6) is 0. The lowest BCUT2D eigenvalue weighted by molar-refractivity contribution is 0.0741. The van der Waals surface area contributed by atoms with Gasteiger partial charge in [0.05, 0.1) is 11.6 Å². The van der Waals surface area contributed by atoms with Crippen LogP contribution in [0.5, 0.6) is 0 Å². The van der Waals surface area contributed by atoms with Gasteiger partial charge in [0.1, 0.15) is 0 Å². The molecule has 2 aromatic rings. The van der Waals surface area contributed by atoms with E-state index >= 15 is 0 Å². The van der Waals surface area contributed by atoms with Crippen molar-refractivity contribution in [2.45, 2.75) is 57.5 Å². The van der Waals surface area contributed by atoms with Gasteiger partial charge >= 0.3 is 6.09 Å². The van der Waals surface area contributed by atoms with Crippen molar-refractivity contribution in [1.29, 1.82) is 0 Å². The number of hydrogen-bond acceptors (Lipinski definition) is 3. The van der Waals surface area contributed by atoms with Gasteiger partial charge in [-0.05, 0) is 58.2 Å². The van der Waals surface area contributed by atoms with Crippen LogP contribution in [0.4, 0.5) is 4.79 Å². The monoisotopic (exact) mass is 464 g/mol. The molecule has 1 aromatic carbocycles. The van der Waals surface area contributed by atoms with Gasteiger partial charge in [-0.2, -0.15) is 0 Å². The zero-order valence-electron chi connectivity index (χ0n) is 17.3. The first-order valence-corrected chi connectivity index (χ1v) is 12.9. The van der Waals surface area contributed by atoms with Crippen molar-refractivity contribution < 1.29 is 14.3 Å². The largest absolute Gasteiger partial charge is 0.465 e. The molecule has 2 atom stereocenters. The summed E-state index contributed by atoms with van der Waals surface area (Å²) in [6.45, 7) is 12.7. The number of benzene rings is 1. The van der Waals surface area contributed by atoms with Crippen molar-refractivity contribution in [3.8, 4) is 0 Å². The topological polar surface area (TPSA) is 71.5 Å². The second-order valence-electron chi connectivity index (χ2n) is 8.69. The highest BCUT2D eigenvalue weighted by molar-refractivity contribution is 9.10. The minimum Gasteiger partial charge on any atom is -0.465 e. The highest BCUT2D eigenvalue weighted by Crippen LogP contribution is 2.45. The molecule has 28 heavy (non-hydrogen) atoms. The molecule has 152 valence electrons. The minimum absolute atomic E-state index is 0.0281. The van der Waals surface area contributed by atoms with Gasteiger partial charge in [-0.25, -0.2) is 4.79 Å². The number of rotatable bonds is 6. The molecule has 1 aromatic heterocycles. The molecule has 2 N–H and O–H groups in total. The Kier molecular flexibility index (Phi) is 6.73. The summed E-state index contributed by atoms with van der Waals surface area (Å²) in [5, 5.41) is 12.3. The molecule has 0 aliphatic heterocycles. The number of nitrogens with zero attached hydrogens (tertiary/aromatic N) is 1. The third-order valence-corrected chi connectivity index (χ3v) is 10.4. The van der Waals surface area contributed by atoms with E-state index in [0.717, 1.165) is 15.6 Å². The number of halogens is 1. The fourth-order valence-electron chi connectivity index (χ4n) is 2.83. The summed E-state index contributed by atoms with van der Waals surface area (Å²) in [6, 6.07) is 11.7. The number of hydrogen-bond donors (Lipinski definition) is 2. The summed E-state index contributed by atoms with van der Waals surface area (Å²) in [6.07, 6.45) is 1.74. The van der Waals surface area contributed by atoms with E-state index in [2.05, 4.69) is 60.1 Å². The Labute approximate surface area is 176 Å². The fraction of sp³-hybridized carbons (Fsp3) is 0.429. The summed E-state index contributed by atoms with van der Waals surface area (Å²) in [7, 11) is -2.22. The molecule has 1 heterocycles. The van der Waals surface area contributed by atoms with Gasteiger partial charge in [-0.15, -0.1) is 0 Å². The summed E-state index contributed by atoms with van der Waals surface area (Å²) in [5.41, 5.74) is 0.625. The first kappa shape index (κ1) is 22.6. The van der Waals surface area contributed by atoms with Crippen molar-refractivity contribution in [3.63, 3.8) is 0 Å². The normalized spacial score (nSPS) is 15.5. The fourth-order valence-corrected chi connectivity index (χ4v) is 4.50. The van der Waals surface area contributed by atoms with E-state index in [4.69, 9.17) is 4.43 Å². The van der Waals surface area contributed by atoms with E-state index < -0.39 is 26.1 Å². The molecular weight excluding hydrogens is 436 g/mol. The Balaban J connectivity index is 2.67. The second-order valence-corrected chi connectivity index (χ2v) is 14.4. The minimum atomic E-state index is -2.22. The van der Waals surface area contributed by atoms with E-state index in [1.54, 1.807) is 12.4 Å². The van der Waals surface area contributed by atoms with Crippen molar-refractivity contribution in [1.82, 2.24) is 10.3 Å². The quantitative estimate of drug-likeness (QED) is 0.507. The van der Waals surface area contributed by atoms with Crippen LogP contribution in [0.2, 0.25) is 18.1 Å². The van der Waals surface area contributed by atoms with E-state index in [1.807, 2.05) is 43.3 Å². The number of pyridine rings is 1. The van der Waals surface area contributed by atoms with Gasteiger partial charge < -0.3 is 14.8 Å². The van der Waals surface area contributed by atoms with Crippen molar-refractivity contribution in [3.05, 3.63) is 64.4 Å². The van der Waals surface area contributed by atoms with Crippen molar-refractivity contribution >= 4 is 30.3 Å². The average molecular weight is 465 g/mol. The van der Waals surface area contributed by atoms with Crippen LogP contribution in [0.3, 0.4) is 0 Å². The maximum absolute atomic E-state index is 11.8. The Morgan fingerprint density at radius 3 is 2.29 bits per heavy atom. The van der Waals surface area contributed by atoms with Crippen LogP contribution in [0.15, 0.2) is 53.3 Å². The molecule has 5 nitrogen and oxygen atoms in total. The zero-order chi connectivity index (χ0) is 21.2. The molecule has 0 radical (unpaired) electrons. The molecule has 7 heteroatoms. The van der Waals surface area contributed by atoms with Gasteiger partial charge in [0.2, 0.25) is 0 Å². The highest BCUT2D eigenvalue weighted by Gasteiger charge is 2.46. The lowest BCUT2D eigenvalue weighted by Crippen LogP contribution is -2.52. The molecule has 0 aliphatic carbocycles. The predicted octanol–water partition coefficient (Wildman–Crippen LogP) is 6.09. The number of amides is 1. The van der Waals surface area contributed by atoms with Gasteiger partial charge in [-0.3, -0.25) is 4.98 Å². The molecular formula is C21H29BrN2O3Si. The number of nitrogens with one attached hydrogen (secondary N) is 1. The zero-order valence-corrected chi connectivity index (χ0v) is 19.9. The molecule has 1 unspecified atom stereocenters. The van der Waals surface area contributed by atoms with Crippen LogP contribution < -0.4 is 5.32 Å². The Hall–Kier alpha value is -1.70. The smallest absolute Gasteiger partial charge is 0.405 e. The van der Waals surface area contributed by atoms with Gasteiger partial charge in [0.15, 0.2) is 8.32 Å². The molecule has 0 fully saturated rings. The third kappa shape index (κ3) is 5.01. The molecule has 0 bridgehead atoms. The third-order valence-electron chi connectivity index (χ3n) is 5.52. The lowest BCUT2D eigenvalue weighted by atomic mass is 9.83. The number of carbonyl (C=O) groups is 1. The van der Waals surface area contributed by atoms with Crippen LogP contribution in [-0.2, 0) is 9.96 Å². The molecule has 1 amide bonds. The molecule has 0 aliphatic rings. The molecule has 0 saturated heterocycles. The molecule has 2 rings (SSSR count). The Bertz CT molecular complexity index is 824. The SMILES string of the molecule is CC(C)(C)[Si](C)(C)OC(c1ccccc1)[C@](C)(NC(=O)O)c1cncc(Br)c1. The second kappa shape index (κ2) is 8.35. The lowest BCUT2D eigenvalue weighted by Gasteiger charge is -2.45. The molecule has 0 spiro atoms. The molecule has 0 saturated carbocycles. The summed E-state index contributed by atoms with van der Waals surface area (Å²) in [4.78, 5) is 16.0. The standard InChI is InChI=1S/C21H29BrN2O3Si/c1-20(2,3)28(5,6)27-18(15-10-8-7-9-11-15)21(4,24-19(25)26)16-12-17(22)14-23-13-16/h7-14,18,24H,1-6H3,(H,25,26)/t18?,21-/m1/s1. The van der Waals surface area contributed by atoms with Crippen molar-refractivity contribution in [2.24, 2.45) is 0 Å². The summed E-state index contributed by atoms with van der Waals surface area (Å²) < 4.78 is 7.60. The van der Waals surface area contributed by atoms with Crippen LogP contribution in [-0.4, -0.2) is 24.5 Å². The van der Waals surface area contributed by atoms with E-state index in [-0.39, 0.29) is 5.04 Å². The Morgan fingerprint density at radius 1 is 1.18 bits per heavy atom. The van der Waals surface area contributed by atoms with Crippen LogP contribution in [0.25, 0.3) is 0 Å². The van der Waals surface area contributed by atoms with E-state index in [9.17, 15) is 9.90 Å². The van der Waals surface area contributed by atoms with Gasteiger partial charge in [0.25, 0.3) is 0 Å². The maximum Gasteiger partial charge on any atom is 0.405 e. The van der Waals surface area contributed by atoms with Gasteiger partial charge in [-0.1, -0.05) is 51.1 Å². The number of carboxylic acid groups (broad SMARTS) is 1. The highest BCUT2D eigenvalue weighted by atomic mass is 79.9. The van der Waals surface area contributed by atoms with E-state index in [0.29, 0.717) is 0 Å². The first-order valence-electron chi connectivity index (χ1n) is 9.22. The first-order chi connectivity index (χ1) is 12.9. The van der Waals surface area contributed by atoms with Crippen LogP contribution in [0.1, 0.15) is 44.9 Å².